The van der Waals surface area contributed by atoms with Crippen LogP contribution in [0.25, 0.3) is 0 Å². The Hall–Kier alpha value is -1.84. The molecule has 0 heterocycles. The van der Waals surface area contributed by atoms with Crippen LogP contribution in [0.15, 0.2) is 54.6 Å². The van der Waals surface area contributed by atoms with Crippen molar-refractivity contribution in [1.82, 2.24) is 0 Å². The quantitative estimate of drug-likeness (QED) is 0.659. The summed E-state index contributed by atoms with van der Waals surface area (Å²) in [6.45, 7) is 7.61. The van der Waals surface area contributed by atoms with E-state index >= 15 is 0 Å². The Kier molecular flexibility index (Phi) is 7.29. The lowest BCUT2D eigenvalue weighted by molar-refractivity contribution is -0.0962. The first-order chi connectivity index (χ1) is 11.6. The van der Waals surface area contributed by atoms with E-state index in [1.54, 1.807) is 7.11 Å². The van der Waals surface area contributed by atoms with E-state index < -0.39 is 0 Å². The SMILES string of the molecule is COc1ccc(COC(C)[C@H](OCc2ccccc2)C(C)C)cc1. The third-order valence-electron chi connectivity index (χ3n) is 4.08. The average Bonchev–Trinajstić information content (AvgIpc) is 2.61. The lowest BCUT2D eigenvalue weighted by Gasteiger charge is -2.28. The maximum atomic E-state index is 6.13. The van der Waals surface area contributed by atoms with Gasteiger partial charge >= 0.3 is 0 Å². The van der Waals surface area contributed by atoms with Crippen LogP contribution in [0.3, 0.4) is 0 Å². The fourth-order valence-corrected chi connectivity index (χ4v) is 2.68. The monoisotopic (exact) mass is 328 g/mol. The summed E-state index contributed by atoms with van der Waals surface area (Å²) in [5.74, 6) is 1.25. The van der Waals surface area contributed by atoms with Crippen LogP contribution in [-0.2, 0) is 22.7 Å². The maximum Gasteiger partial charge on any atom is 0.118 e. The standard InChI is InChI=1S/C21H28O3/c1-16(2)21(24-15-18-8-6-5-7-9-18)17(3)23-14-19-10-12-20(22-4)13-11-19/h5-13,16-17,21H,14-15H2,1-4H3/t17?,21-/m1/s1. The minimum atomic E-state index is 0.0239. The molecule has 24 heavy (non-hydrogen) atoms. The van der Waals surface area contributed by atoms with Gasteiger partial charge in [-0.2, -0.15) is 0 Å². The highest BCUT2D eigenvalue weighted by molar-refractivity contribution is 5.26. The Morgan fingerprint density at radius 3 is 1.92 bits per heavy atom. The second kappa shape index (κ2) is 9.45. The van der Waals surface area contributed by atoms with E-state index in [2.05, 4.69) is 32.9 Å². The lowest BCUT2D eigenvalue weighted by Crippen LogP contribution is -2.33. The van der Waals surface area contributed by atoms with Crippen molar-refractivity contribution in [2.24, 2.45) is 5.92 Å². The fraction of sp³-hybridized carbons (Fsp3) is 0.429. The minimum Gasteiger partial charge on any atom is -0.497 e. The molecule has 0 saturated carbocycles. The van der Waals surface area contributed by atoms with Crippen LogP contribution >= 0.6 is 0 Å². The van der Waals surface area contributed by atoms with E-state index in [-0.39, 0.29) is 12.2 Å². The molecule has 0 amide bonds. The van der Waals surface area contributed by atoms with Crippen molar-refractivity contribution < 1.29 is 14.2 Å². The van der Waals surface area contributed by atoms with Gasteiger partial charge in [-0.05, 0) is 36.1 Å². The highest BCUT2D eigenvalue weighted by atomic mass is 16.5. The molecule has 2 aromatic rings. The van der Waals surface area contributed by atoms with Gasteiger partial charge in [0.2, 0.25) is 0 Å². The van der Waals surface area contributed by atoms with Gasteiger partial charge in [-0.1, -0.05) is 56.3 Å². The molecular weight excluding hydrogens is 300 g/mol. The van der Waals surface area contributed by atoms with E-state index in [1.165, 1.54) is 5.56 Å². The zero-order valence-corrected chi connectivity index (χ0v) is 15.1. The van der Waals surface area contributed by atoms with Gasteiger partial charge in [0.1, 0.15) is 5.75 Å². The van der Waals surface area contributed by atoms with Gasteiger partial charge in [0.25, 0.3) is 0 Å². The molecule has 0 spiro atoms. The second-order valence-corrected chi connectivity index (χ2v) is 6.37. The molecular formula is C21H28O3. The van der Waals surface area contributed by atoms with Gasteiger partial charge in [-0.25, -0.2) is 0 Å². The topological polar surface area (TPSA) is 27.7 Å². The Balaban J connectivity index is 1.87. The normalized spacial score (nSPS) is 13.7. The summed E-state index contributed by atoms with van der Waals surface area (Å²) in [6, 6.07) is 18.2. The predicted octanol–water partition coefficient (Wildman–Crippen LogP) is 4.84. The molecule has 0 aliphatic rings. The summed E-state index contributed by atoms with van der Waals surface area (Å²) < 4.78 is 17.4. The summed E-state index contributed by atoms with van der Waals surface area (Å²) >= 11 is 0. The maximum absolute atomic E-state index is 6.13. The zero-order valence-electron chi connectivity index (χ0n) is 15.1. The molecule has 0 N–H and O–H groups in total. The van der Waals surface area contributed by atoms with Crippen molar-refractivity contribution in [2.45, 2.75) is 46.2 Å². The molecule has 0 aromatic heterocycles. The largest absolute Gasteiger partial charge is 0.497 e. The molecule has 1 unspecified atom stereocenters. The Labute approximate surface area is 145 Å². The van der Waals surface area contributed by atoms with Crippen LogP contribution in [0, 0.1) is 5.92 Å². The second-order valence-electron chi connectivity index (χ2n) is 6.37. The van der Waals surface area contributed by atoms with Gasteiger partial charge in [-0.15, -0.1) is 0 Å². The van der Waals surface area contributed by atoms with E-state index in [9.17, 15) is 0 Å². The third-order valence-corrected chi connectivity index (χ3v) is 4.08. The minimum absolute atomic E-state index is 0.0239. The van der Waals surface area contributed by atoms with Crippen molar-refractivity contribution >= 4 is 0 Å². The smallest absolute Gasteiger partial charge is 0.118 e. The number of methoxy groups -OCH3 is 1. The number of ether oxygens (including phenoxy) is 3. The lowest BCUT2D eigenvalue weighted by atomic mass is 10.0. The van der Waals surface area contributed by atoms with Crippen LogP contribution in [0.5, 0.6) is 5.75 Å². The third kappa shape index (κ3) is 5.66. The summed E-state index contributed by atoms with van der Waals surface area (Å²) in [4.78, 5) is 0. The molecule has 2 atom stereocenters. The van der Waals surface area contributed by atoms with Crippen LogP contribution in [0.1, 0.15) is 31.9 Å². The van der Waals surface area contributed by atoms with Crippen molar-refractivity contribution in [3.05, 3.63) is 65.7 Å². The molecule has 2 rings (SSSR count). The summed E-state index contributed by atoms with van der Waals surface area (Å²) in [5.41, 5.74) is 2.32. The molecule has 2 aromatic carbocycles. The molecule has 0 fully saturated rings. The fourth-order valence-electron chi connectivity index (χ4n) is 2.68. The van der Waals surface area contributed by atoms with E-state index in [1.807, 2.05) is 42.5 Å². The van der Waals surface area contributed by atoms with Crippen molar-refractivity contribution in [2.75, 3.05) is 7.11 Å². The van der Waals surface area contributed by atoms with Gasteiger partial charge in [0.05, 0.1) is 32.5 Å². The molecule has 130 valence electrons. The molecule has 0 saturated heterocycles. The van der Waals surface area contributed by atoms with Gasteiger partial charge in [0, 0.05) is 0 Å². The molecule has 3 heteroatoms. The Morgan fingerprint density at radius 1 is 0.750 bits per heavy atom. The summed E-state index contributed by atoms with van der Waals surface area (Å²) in [5, 5.41) is 0. The van der Waals surface area contributed by atoms with Gasteiger partial charge in [0.15, 0.2) is 0 Å². The van der Waals surface area contributed by atoms with Crippen LogP contribution in [-0.4, -0.2) is 19.3 Å². The van der Waals surface area contributed by atoms with E-state index in [0.717, 1.165) is 11.3 Å². The number of hydrogen-bond donors (Lipinski definition) is 0. The van der Waals surface area contributed by atoms with E-state index in [0.29, 0.717) is 19.1 Å². The van der Waals surface area contributed by atoms with Crippen LogP contribution in [0.4, 0.5) is 0 Å². The highest BCUT2D eigenvalue weighted by Gasteiger charge is 2.22. The van der Waals surface area contributed by atoms with Crippen LogP contribution in [0.2, 0.25) is 0 Å². The number of hydrogen-bond acceptors (Lipinski definition) is 3. The van der Waals surface area contributed by atoms with Gasteiger partial charge < -0.3 is 14.2 Å². The summed E-state index contributed by atoms with van der Waals surface area (Å²) in [6.07, 6.45) is 0.0827. The Bertz CT molecular complexity index is 578. The van der Waals surface area contributed by atoms with Crippen molar-refractivity contribution in [3.8, 4) is 5.75 Å². The van der Waals surface area contributed by atoms with Crippen LogP contribution < -0.4 is 4.74 Å². The van der Waals surface area contributed by atoms with Crippen molar-refractivity contribution in [3.63, 3.8) is 0 Å². The highest BCUT2D eigenvalue weighted by Crippen LogP contribution is 2.18. The summed E-state index contributed by atoms with van der Waals surface area (Å²) in [7, 11) is 1.67. The van der Waals surface area contributed by atoms with Gasteiger partial charge in [-0.3, -0.25) is 0 Å². The molecule has 3 nitrogen and oxygen atoms in total. The molecule has 0 aliphatic heterocycles. The van der Waals surface area contributed by atoms with Crippen molar-refractivity contribution in [1.29, 1.82) is 0 Å². The average molecular weight is 328 g/mol. The zero-order chi connectivity index (χ0) is 17.4. The number of rotatable bonds is 9. The molecule has 0 bridgehead atoms. The Morgan fingerprint density at radius 2 is 1.33 bits per heavy atom. The first kappa shape index (κ1) is 18.5. The van der Waals surface area contributed by atoms with E-state index in [4.69, 9.17) is 14.2 Å². The predicted molar refractivity (Wildman–Crippen MR) is 97.1 cm³/mol. The number of benzene rings is 2. The first-order valence-corrected chi connectivity index (χ1v) is 8.50. The first-order valence-electron chi connectivity index (χ1n) is 8.50. The molecule has 0 aliphatic carbocycles. The molecule has 0 radical (unpaired) electrons.